The van der Waals surface area contributed by atoms with Crippen molar-refractivity contribution in [2.45, 2.75) is 26.7 Å². The van der Waals surface area contributed by atoms with E-state index in [0.29, 0.717) is 12.2 Å². The predicted molar refractivity (Wildman–Crippen MR) is 90.2 cm³/mol. The SMILES string of the molecule is CCc1c(C)sc2nc(Cc3ccccc3OC)[nH]c(=O)c12. The van der Waals surface area contributed by atoms with Gasteiger partial charge in [0.1, 0.15) is 16.4 Å². The first-order chi connectivity index (χ1) is 10.6. The molecule has 0 aliphatic rings. The number of nitrogens with one attached hydrogen (secondary N) is 1. The van der Waals surface area contributed by atoms with E-state index in [1.807, 2.05) is 31.2 Å². The molecule has 0 aliphatic heterocycles. The first kappa shape index (κ1) is 14.8. The average molecular weight is 314 g/mol. The number of aromatic amines is 1. The van der Waals surface area contributed by atoms with Crippen molar-refractivity contribution >= 4 is 21.6 Å². The van der Waals surface area contributed by atoms with E-state index in [4.69, 9.17) is 4.74 Å². The smallest absolute Gasteiger partial charge is 0.259 e. The summed E-state index contributed by atoms with van der Waals surface area (Å²) in [5, 5.41) is 0.744. The summed E-state index contributed by atoms with van der Waals surface area (Å²) >= 11 is 1.59. The molecule has 2 aromatic heterocycles. The molecule has 1 N–H and O–H groups in total. The zero-order chi connectivity index (χ0) is 15.7. The van der Waals surface area contributed by atoms with E-state index in [2.05, 4.69) is 16.9 Å². The quantitative estimate of drug-likeness (QED) is 0.802. The Kier molecular flexibility index (Phi) is 3.98. The van der Waals surface area contributed by atoms with Gasteiger partial charge in [0.05, 0.1) is 12.5 Å². The number of hydrogen-bond donors (Lipinski definition) is 1. The van der Waals surface area contributed by atoms with Crippen molar-refractivity contribution in [3.63, 3.8) is 0 Å². The summed E-state index contributed by atoms with van der Waals surface area (Å²) in [4.78, 5) is 22.0. The van der Waals surface area contributed by atoms with Crippen LogP contribution in [0, 0.1) is 6.92 Å². The van der Waals surface area contributed by atoms with E-state index in [0.717, 1.165) is 33.5 Å². The molecule has 114 valence electrons. The molecule has 0 unspecified atom stereocenters. The van der Waals surface area contributed by atoms with Crippen molar-refractivity contribution in [2.24, 2.45) is 0 Å². The van der Waals surface area contributed by atoms with E-state index in [-0.39, 0.29) is 5.56 Å². The third kappa shape index (κ3) is 2.52. The fourth-order valence-electron chi connectivity index (χ4n) is 2.76. The van der Waals surface area contributed by atoms with Gasteiger partial charge in [0.15, 0.2) is 0 Å². The number of methoxy groups -OCH3 is 1. The van der Waals surface area contributed by atoms with Crippen LogP contribution in [0.2, 0.25) is 0 Å². The lowest BCUT2D eigenvalue weighted by Gasteiger charge is -2.07. The number of fused-ring (bicyclic) bond motifs is 1. The highest BCUT2D eigenvalue weighted by Gasteiger charge is 2.14. The molecule has 0 saturated carbocycles. The van der Waals surface area contributed by atoms with Crippen LogP contribution in [-0.2, 0) is 12.8 Å². The molecule has 0 radical (unpaired) electrons. The Morgan fingerprint density at radius 2 is 2.09 bits per heavy atom. The fourth-order valence-corrected chi connectivity index (χ4v) is 3.89. The first-order valence-electron chi connectivity index (χ1n) is 7.27. The van der Waals surface area contributed by atoms with Crippen LogP contribution in [0.3, 0.4) is 0 Å². The van der Waals surface area contributed by atoms with Crippen LogP contribution in [-0.4, -0.2) is 17.1 Å². The molecule has 2 heterocycles. The van der Waals surface area contributed by atoms with Gasteiger partial charge in [-0.25, -0.2) is 4.98 Å². The van der Waals surface area contributed by atoms with Gasteiger partial charge in [-0.1, -0.05) is 25.1 Å². The zero-order valence-electron chi connectivity index (χ0n) is 12.9. The highest BCUT2D eigenvalue weighted by atomic mass is 32.1. The Morgan fingerprint density at radius 1 is 1.32 bits per heavy atom. The Labute approximate surface area is 132 Å². The van der Waals surface area contributed by atoms with E-state index in [1.165, 1.54) is 4.88 Å². The predicted octanol–water partition coefficient (Wildman–Crippen LogP) is 3.45. The maximum atomic E-state index is 12.4. The van der Waals surface area contributed by atoms with E-state index in [9.17, 15) is 4.79 Å². The highest BCUT2D eigenvalue weighted by molar-refractivity contribution is 7.18. The molecule has 0 bridgehead atoms. The van der Waals surface area contributed by atoms with Crippen LogP contribution in [0.5, 0.6) is 5.75 Å². The summed E-state index contributed by atoms with van der Waals surface area (Å²) in [6.45, 7) is 4.11. The van der Waals surface area contributed by atoms with E-state index < -0.39 is 0 Å². The lowest BCUT2D eigenvalue weighted by molar-refractivity contribution is 0.410. The molecule has 0 saturated heterocycles. The van der Waals surface area contributed by atoms with Gasteiger partial charge < -0.3 is 9.72 Å². The lowest BCUT2D eigenvalue weighted by atomic mass is 10.1. The van der Waals surface area contributed by atoms with Gasteiger partial charge in [0.2, 0.25) is 0 Å². The number of rotatable bonds is 4. The molecular weight excluding hydrogens is 296 g/mol. The molecule has 1 aromatic carbocycles. The Morgan fingerprint density at radius 3 is 2.82 bits per heavy atom. The molecule has 0 amide bonds. The van der Waals surface area contributed by atoms with Gasteiger partial charge in [-0.05, 0) is 25.0 Å². The zero-order valence-corrected chi connectivity index (χ0v) is 13.7. The molecule has 0 fully saturated rings. The number of H-pyrrole nitrogens is 1. The van der Waals surface area contributed by atoms with Crippen molar-refractivity contribution < 1.29 is 4.74 Å². The third-order valence-corrected chi connectivity index (χ3v) is 4.86. The van der Waals surface area contributed by atoms with Crippen molar-refractivity contribution in [2.75, 3.05) is 7.11 Å². The molecule has 3 rings (SSSR count). The van der Waals surface area contributed by atoms with Gasteiger partial charge in [0.25, 0.3) is 5.56 Å². The highest BCUT2D eigenvalue weighted by Crippen LogP contribution is 2.28. The monoisotopic (exact) mass is 314 g/mol. The average Bonchev–Trinajstić information content (AvgIpc) is 2.83. The third-order valence-electron chi connectivity index (χ3n) is 3.82. The number of aromatic nitrogens is 2. The number of para-hydroxylation sites is 1. The fraction of sp³-hybridized carbons (Fsp3) is 0.294. The Hall–Kier alpha value is -2.14. The van der Waals surface area contributed by atoms with Gasteiger partial charge in [-0.15, -0.1) is 11.3 Å². The number of nitrogens with zero attached hydrogens (tertiary/aromatic N) is 1. The van der Waals surface area contributed by atoms with Crippen LogP contribution in [0.1, 0.15) is 28.8 Å². The van der Waals surface area contributed by atoms with Crippen molar-refractivity contribution in [1.82, 2.24) is 9.97 Å². The summed E-state index contributed by atoms with van der Waals surface area (Å²) in [5.74, 6) is 1.48. The Balaban J connectivity index is 2.08. The Bertz CT molecular complexity index is 880. The molecule has 0 spiro atoms. The summed E-state index contributed by atoms with van der Waals surface area (Å²) in [6, 6.07) is 7.79. The van der Waals surface area contributed by atoms with Crippen molar-refractivity contribution in [3.8, 4) is 5.75 Å². The number of hydrogen-bond acceptors (Lipinski definition) is 4. The molecule has 5 heteroatoms. The maximum absolute atomic E-state index is 12.4. The molecule has 0 atom stereocenters. The second-order valence-electron chi connectivity index (χ2n) is 5.17. The van der Waals surface area contributed by atoms with Gasteiger partial charge in [-0.3, -0.25) is 4.79 Å². The largest absolute Gasteiger partial charge is 0.496 e. The number of benzene rings is 1. The van der Waals surface area contributed by atoms with Crippen LogP contribution in [0.15, 0.2) is 29.1 Å². The van der Waals surface area contributed by atoms with Crippen LogP contribution >= 0.6 is 11.3 Å². The van der Waals surface area contributed by atoms with Gasteiger partial charge in [-0.2, -0.15) is 0 Å². The molecular formula is C17H18N2O2S. The molecule has 22 heavy (non-hydrogen) atoms. The topological polar surface area (TPSA) is 55.0 Å². The summed E-state index contributed by atoms with van der Waals surface area (Å²) in [7, 11) is 1.65. The summed E-state index contributed by atoms with van der Waals surface area (Å²) in [5.41, 5.74) is 2.07. The minimum Gasteiger partial charge on any atom is -0.496 e. The summed E-state index contributed by atoms with van der Waals surface area (Å²) < 4.78 is 5.36. The van der Waals surface area contributed by atoms with Gasteiger partial charge in [0, 0.05) is 16.9 Å². The van der Waals surface area contributed by atoms with Crippen LogP contribution < -0.4 is 10.3 Å². The lowest BCUT2D eigenvalue weighted by Crippen LogP contribution is -2.12. The van der Waals surface area contributed by atoms with E-state index >= 15 is 0 Å². The normalized spacial score (nSPS) is 11.0. The van der Waals surface area contributed by atoms with Crippen LogP contribution in [0.25, 0.3) is 10.2 Å². The molecule has 0 aliphatic carbocycles. The first-order valence-corrected chi connectivity index (χ1v) is 8.08. The number of aryl methyl sites for hydroxylation is 2. The maximum Gasteiger partial charge on any atom is 0.259 e. The summed E-state index contributed by atoms with van der Waals surface area (Å²) in [6.07, 6.45) is 1.40. The van der Waals surface area contributed by atoms with Gasteiger partial charge >= 0.3 is 0 Å². The standard InChI is InChI=1S/C17H18N2O2S/c1-4-12-10(2)22-17-15(12)16(20)18-14(19-17)9-11-7-5-6-8-13(11)21-3/h5-8H,4,9H2,1-3H3,(H,18,19,20). The van der Waals surface area contributed by atoms with Crippen molar-refractivity contribution in [3.05, 3.63) is 56.4 Å². The minimum absolute atomic E-state index is 0.0453. The second kappa shape index (κ2) is 5.93. The molecule has 3 aromatic rings. The minimum atomic E-state index is -0.0453. The van der Waals surface area contributed by atoms with Crippen molar-refractivity contribution in [1.29, 1.82) is 0 Å². The number of ether oxygens (including phenoxy) is 1. The number of thiophene rings is 1. The van der Waals surface area contributed by atoms with E-state index in [1.54, 1.807) is 18.4 Å². The van der Waals surface area contributed by atoms with Crippen LogP contribution in [0.4, 0.5) is 0 Å². The second-order valence-corrected chi connectivity index (χ2v) is 6.37. The molecule has 4 nitrogen and oxygen atoms in total.